The number of ether oxygens (including phenoxy) is 2. The van der Waals surface area contributed by atoms with Gasteiger partial charge in [-0.05, 0) is 41.9 Å². The molecule has 2 aromatic rings. The molecule has 0 heterocycles. The summed E-state index contributed by atoms with van der Waals surface area (Å²) in [5.74, 6) is -0.328. The number of hydrogen-bond acceptors (Lipinski definition) is 7. The average molecular weight is 442 g/mol. The van der Waals surface area contributed by atoms with E-state index in [1.807, 2.05) is 0 Å². The quantitative estimate of drug-likeness (QED) is 0.158. The van der Waals surface area contributed by atoms with Gasteiger partial charge in [0, 0.05) is 0 Å². The van der Waals surface area contributed by atoms with E-state index in [9.17, 15) is 26.3 Å². The third-order valence-electron chi connectivity index (χ3n) is 2.73. The van der Waals surface area contributed by atoms with Crippen molar-refractivity contribution in [1.29, 1.82) is 0 Å². The number of aromatic hydroxyl groups is 1. The molecule has 5 N–H and O–H groups in total. The molecule has 0 aliphatic rings. The van der Waals surface area contributed by atoms with Gasteiger partial charge in [-0.3, -0.25) is 10.5 Å². The Kier molecular flexibility index (Phi) is 12.4. The van der Waals surface area contributed by atoms with E-state index in [1.54, 1.807) is 0 Å². The molecule has 7 nitrogen and oxygen atoms in total. The van der Waals surface area contributed by atoms with Crippen LogP contribution in [-0.4, -0.2) is 32.8 Å². The first kappa shape index (κ1) is 26.8. The molecule has 0 spiro atoms. The van der Waals surface area contributed by atoms with E-state index < -0.39 is 31.3 Å². The van der Waals surface area contributed by atoms with Crippen molar-refractivity contribution in [3.05, 3.63) is 72.7 Å². The molecule has 2 rings (SSSR count). The van der Waals surface area contributed by atoms with Gasteiger partial charge < -0.3 is 24.6 Å². The minimum atomic E-state index is -2.55. The monoisotopic (exact) mass is 442 g/mol. The molecule has 164 valence electrons. The molecular formula is C16H13BF6O7. The van der Waals surface area contributed by atoms with Crippen LogP contribution in [0.5, 0.6) is 17.2 Å². The maximum atomic E-state index is 12.3. The number of halogens is 6. The highest BCUT2D eigenvalue weighted by Gasteiger charge is 2.12. The Morgan fingerprint density at radius 3 is 1.27 bits per heavy atom. The van der Waals surface area contributed by atoms with Gasteiger partial charge in [0.05, 0.1) is 0 Å². The first-order valence-electron chi connectivity index (χ1n) is 7.32. The van der Waals surface area contributed by atoms with E-state index in [1.165, 1.54) is 24.3 Å². The summed E-state index contributed by atoms with van der Waals surface area (Å²) in [6.07, 6.45) is -5.07. The molecule has 0 aliphatic carbocycles. The second-order valence-corrected chi connectivity index (χ2v) is 4.71. The fourth-order valence-electron chi connectivity index (χ4n) is 1.51. The van der Waals surface area contributed by atoms with Gasteiger partial charge in [0.15, 0.2) is 0 Å². The zero-order valence-corrected chi connectivity index (χ0v) is 14.5. The third kappa shape index (κ3) is 10.4. The van der Waals surface area contributed by atoms with Gasteiger partial charge in [0.1, 0.15) is 17.2 Å². The molecule has 0 bridgehead atoms. The highest BCUT2D eigenvalue weighted by Crippen LogP contribution is 2.20. The predicted octanol–water partition coefficient (Wildman–Crippen LogP) is 3.60. The highest BCUT2D eigenvalue weighted by atomic mass is 19.3. The van der Waals surface area contributed by atoms with Crippen LogP contribution in [0.2, 0.25) is 0 Å². The Hall–Kier alpha value is -3.20. The summed E-state index contributed by atoms with van der Waals surface area (Å²) in [7, 11) is -1.67. The van der Waals surface area contributed by atoms with Crippen molar-refractivity contribution < 1.29 is 61.5 Å². The third-order valence-corrected chi connectivity index (χ3v) is 2.73. The standard InChI is InChI=1S/C8H6BF3O3.C8H5F3O2.H2O2/c10-7(11)8(12)15-6-3-1-5(2-4-6)9(13)14;9-7(10)8(11)13-6-3-1-5(12)2-4-6;1-2/h1-4,13-14H;1-4,12H;1-2H. The van der Waals surface area contributed by atoms with Crippen molar-refractivity contribution in [2.24, 2.45) is 0 Å². The number of phenolic OH excluding ortho intramolecular Hbond substituents is 1. The van der Waals surface area contributed by atoms with Crippen LogP contribution in [0.25, 0.3) is 0 Å². The second kappa shape index (κ2) is 13.9. The lowest BCUT2D eigenvalue weighted by Crippen LogP contribution is -2.29. The van der Waals surface area contributed by atoms with Crippen molar-refractivity contribution in [3.8, 4) is 17.2 Å². The number of rotatable bonds is 5. The highest BCUT2D eigenvalue weighted by molar-refractivity contribution is 6.58. The summed E-state index contributed by atoms with van der Waals surface area (Å²) >= 11 is 0. The van der Waals surface area contributed by atoms with Crippen LogP contribution in [0, 0.1) is 0 Å². The Labute approximate surface area is 165 Å². The fourth-order valence-corrected chi connectivity index (χ4v) is 1.51. The lowest BCUT2D eigenvalue weighted by Gasteiger charge is -2.03. The Balaban J connectivity index is 0.000000522. The van der Waals surface area contributed by atoms with Crippen molar-refractivity contribution in [2.75, 3.05) is 0 Å². The predicted molar refractivity (Wildman–Crippen MR) is 91.6 cm³/mol. The summed E-state index contributed by atoms with van der Waals surface area (Å²) in [5.41, 5.74) is 0.146. The maximum absolute atomic E-state index is 12.3. The first-order valence-corrected chi connectivity index (χ1v) is 7.32. The van der Waals surface area contributed by atoms with Gasteiger partial charge in [-0.1, -0.05) is 12.1 Å². The summed E-state index contributed by atoms with van der Waals surface area (Å²) in [4.78, 5) is 0. The molecule has 0 fully saturated rings. The van der Waals surface area contributed by atoms with E-state index >= 15 is 0 Å². The van der Waals surface area contributed by atoms with Crippen LogP contribution in [0.3, 0.4) is 0 Å². The molecule has 0 aromatic heterocycles. The van der Waals surface area contributed by atoms with Gasteiger partial charge in [0.2, 0.25) is 0 Å². The number of benzene rings is 2. The van der Waals surface area contributed by atoms with Crippen LogP contribution < -0.4 is 14.9 Å². The fraction of sp³-hybridized carbons (Fsp3) is 0. The van der Waals surface area contributed by atoms with Crippen LogP contribution in [0.1, 0.15) is 0 Å². The van der Waals surface area contributed by atoms with Gasteiger partial charge in [-0.2, -0.15) is 26.3 Å². The Morgan fingerprint density at radius 2 is 0.967 bits per heavy atom. The summed E-state index contributed by atoms with van der Waals surface area (Å²) in [6, 6.07) is 5.49. The lowest BCUT2D eigenvalue weighted by molar-refractivity contribution is -0.176. The summed E-state index contributed by atoms with van der Waals surface area (Å²) in [6.45, 7) is 0. The molecular weight excluding hydrogens is 429 g/mol. The molecule has 14 heteroatoms. The maximum Gasteiger partial charge on any atom is 0.488 e. The molecule has 0 saturated heterocycles. The molecule has 0 atom stereocenters. The molecule has 0 amide bonds. The molecule has 0 unspecified atom stereocenters. The van der Waals surface area contributed by atoms with Crippen molar-refractivity contribution in [3.63, 3.8) is 0 Å². The van der Waals surface area contributed by atoms with Crippen LogP contribution in [0.15, 0.2) is 72.7 Å². The zero-order valence-electron chi connectivity index (χ0n) is 14.5. The minimum Gasteiger partial charge on any atom is -0.508 e. The van der Waals surface area contributed by atoms with Crippen molar-refractivity contribution in [1.82, 2.24) is 0 Å². The molecule has 0 saturated carbocycles. The second-order valence-electron chi connectivity index (χ2n) is 4.71. The van der Waals surface area contributed by atoms with Gasteiger partial charge in [-0.15, -0.1) is 0 Å². The first-order chi connectivity index (χ1) is 14.1. The van der Waals surface area contributed by atoms with Crippen LogP contribution in [-0.2, 0) is 0 Å². The van der Waals surface area contributed by atoms with Gasteiger partial charge in [-0.25, -0.2) is 0 Å². The van der Waals surface area contributed by atoms with E-state index in [0.29, 0.717) is 0 Å². The van der Waals surface area contributed by atoms with Crippen molar-refractivity contribution in [2.45, 2.75) is 0 Å². The normalized spacial score (nSPS) is 9.13. The number of hydrogen-bond donors (Lipinski definition) is 5. The average Bonchev–Trinajstić information content (AvgIpc) is 2.72. The smallest absolute Gasteiger partial charge is 0.488 e. The van der Waals surface area contributed by atoms with Crippen LogP contribution >= 0.6 is 0 Å². The number of phenols is 1. The van der Waals surface area contributed by atoms with Crippen molar-refractivity contribution >= 4 is 12.6 Å². The SMILES string of the molecule is OB(O)c1ccc(OC(F)=C(F)F)cc1.OO.Oc1ccc(OC(F)=C(F)F)cc1. The van der Waals surface area contributed by atoms with E-state index in [0.717, 1.165) is 24.3 Å². The molecule has 0 radical (unpaired) electrons. The van der Waals surface area contributed by atoms with E-state index in [-0.39, 0.29) is 22.7 Å². The molecule has 2 aromatic carbocycles. The zero-order chi connectivity index (χ0) is 23.3. The molecule has 0 aliphatic heterocycles. The van der Waals surface area contributed by atoms with Gasteiger partial charge in [0.25, 0.3) is 0 Å². The van der Waals surface area contributed by atoms with Gasteiger partial charge >= 0.3 is 31.3 Å². The molecule has 30 heavy (non-hydrogen) atoms. The summed E-state index contributed by atoms with van der Waals surface area (Å²) < 4.78 is 78.9. The largest absolute Gasteiger partial charge is 0.508 e. The summed E-state index contributed by atoms with van der Waals surface area (Å²) in [5, 5.41) is 38.2. The topological polar surface area (TPSA) is 120 Å². The van der Waals surface area contributed by atoms with E-state index in [2.05, 4.69) is 9.47 Å². The van der Waals surface area contributed by atoms with Crippen LogP contribution in [0.4, 0.5) is 26.3 Å². The minimum absolute atomic E-state index is 0.0579. The lowest BCUT2D eigenvalue weighted by atomic mass is 9.80. The van der Waals surface area contributed by atoms with E-state index in [4.69, 9.17) is 25.7 Å². The Morgan fingerprint density at radius 1 is 0.633 bits per heavy atom. The Bertz CT molecular complexity index is 821.